The molecule has 0 radical (unpaired) electrons. The van der Waals surface area contributed by atoms with E-state index >= 15 is 0 Å². The molecule has 2 aliphatic carbocycles. The van der Waals surface area contributed by atoms with Gasteiger partial charge in [0.15, 0.2) is 0 Å². The van der Waals surface area contributed by atoms with Crippen LogP contribution in [0.3, 0.4) is 0 Å². The molecule has 0 saturated heterocycles. The lowest BCUT2D eigenvalue weighted by molar-refractivity contribution is 0.374. The first kappa shape index (κ1) is 83.5. The van der Waals surface area contributed by atoms with Gasteiger partial charge >= 0.3 is 0 Å². The van der Waals surface area contributed by atoms with E-state index in [1.807, 2.05) is 6.20 Å². The lowest BCUT2D eigenvalue weighted by Gasteiger charge is -2.55. The molecule has 4 unspecified atom stereocenters. The van der Waals surface area contributed by atoms with E-state index in [-0.39, 0.29) is 5.41 Å². The van der Waals surface area contributed by atoms with Gasteiger partial charge in [-0.25, -0.2) is 24.9 Å². The van der Waals surface area contributed by atoms with Gasteiger partial charge in [-0.05, 0) is 207 Å². The zero-order valence-corrected chi connectivity index (χ0v) is 80.9. The van der Waals surface area contributed by atoms with Gasteiger partial charge in [0, 0.05) is 101 Å². The van der Waals surface area contributed by atoms with E-state index in [1.165, 1.54) is 260 Å². The van der Waals surface area contributed by atoms with Crippen molar-refractivity contribution in [1.29, 1.82) is 0 Å². The molecule has 7 aliphatic rings. The Hall–Kier alpha value is -16.4. The second kappa shape index (κ2) is 32.1. The van der Waals surface area contributed by atoms with Gasteiger partial charge < -0.3 is 0 Å². The third-order valence-corrected chi connectivity index (χ3v) is 34.5. The van der Waals surface area contributed by atoms with Gasteiger partial charge in [0.05, 0.1) is 67.6 Å². The van der Waals surface area contributed by atoms with Crippen molar-refractivity contribution in [2.24, 2.45) is 0 Å². The monoisotopic (exact) mass is 1840 g/mol. The van der Waals surface area contributed by atoms with Crippen LogP contribution in [0.15, 0.2) is 395 Å². The number of benzene rings is 16. The summed E-state index contributed by atoms with van der Waals surface area (Å²) in [5.74, 6) is 2.67. The smallest absolute Gasteiger partial charge is 0.145 e. The van der Waals surface area contributed by atoms with Gasteiger partial charge in [-0.15, -0.1) is 0 Å². The highest BCUT2D eigenvalue weighted by atomic mass is 15.1. The number of pyridine rings is 5. The predicted octanol–water partition coefficient (Wildman–Crippen LogP) is 31.5. The molecular formula is C133H104N10. The maximum absolute atomic E-state index is 5.29. The van der Waals surface area contributed by atoms with Crippen LogP contribution >= 0.6 is 0 Å². The quantitative estimate of drug-likeness (QED) is 0.155. The summed E-state index contributed by atoms with van der Waals surface area (Å²) < 4.78 is 12.3. The van der Waals surface area contributed by atoms with Gasteiger partial charge in [-0.1, -0.05) is 383 Å². The van der Waals surface area contributed by atoms with Crippen molar-refractivity contribution in [2.75, 3.05) is 0 Å². The molecule has 15 heterocycles. The lowest BCUT2D eigenvalue weighted by Crippen LogP contribution is -2.55. The number of imidazole rings is 5. The first-order valence-electron chi connectivity index (χ1n) is 51.5. The Morgan fingerprint density at radius 1 is 0.231 bits per heavy atom. The maximum Gasteiger partial charge on any atom is 0.145 e. The van der Waals surface area contributed by atoms with Crippen molar-refractivity contribution in [3.63, 3.8) is 0 Å². The van der Waals surface area contributed by atoms with Crippen LogP contribution in [0.25, 0.3) is 137 Å². The minimum atomic E-state index is -0.671. The molecule has 0 spiro atoms. The van der Waals surface area contributed by atoms with Crippen molar-refractivity contribution in [2.45, 2.75) is 139 Å². The number of fused-ring (bicyclic) bond motifs is 21. The molecule has 5 aliphatic heterocycles. The molecule has 686 valence electrons. The van der Waals surface area contributed by atoms with Crippen molar-refractivity contribution >= 4 is 137 Å². The van der Waals surface area contributed by atoms with Crippen molar-refractivity contribution in [3.05, 3.63) is 512 Å². The van der Waals surface area contributed by atoms with Crippen molar-refractivity contribution in [3.8, 4) is 0 Å². The van der Waals surface area contributed by atoms with Gasteiger partial charge in [0.1, 0.15) is 28.2 Å². The SMILES string of the molecule is Cc1ccc2c3c1c1ccccc1c1ncc(n13)C(c1ccccc1)(c1ccccc1)C2.Cc1ccc2c3c1c1ccccc1c1ncc(n13)C(c1ccccc1)(c1ccccc1)C2(c1ccccc1)c1ccccc1.Cc1ccc2c3c1c1ccccc1c1ncc(n13)C1CCCC21.Cc1ccc2c3c1c1ccccc1c1ncc(n13)C1CCCCC21.Cc1ccc2c3c1c1ccccc1c1ncc(n13)CC2. The van der Waals surface area contributed by atoms with Gasteiger partial charge in [-0.3, -0.25) is 22.0 Å². The van der Waals surface area contributed by atoms with Crippen molar-refractivity contribution < 1.29 is 0 Å². The maximum atomic E-state index is 5.29. The number of aromatic nitrogens is 10. The average Bonchev–Trinajstić information content (AvgIpc) is 1.64. The fourth-order valence-electron chi connectivity index (χ4n) is 28.7. The molecule has 10 aromatic heterocycles. The summed E-state index contributed by atoms with van der Waals surface area (Å²) in [6.45, 7) is 11.2. The second-order valence-electron chi connectivity index (χ2n) is 41.4. The van der Waals surface area contributed by atoms with E-state index in [0.29, 0.717) is 23.7 Å². The Balaban J connectivity index is 0.0000000878. The first-order chi connectivity index (χ1) is 70.6. The number of aryl methyl sites for hydroxylation is 7. The standard InChI is InChI=1S/C42H30N2.C30H22N2.C22H20N2.C21H18N2.C18H14N2/c1-29-26-27-36-39-38(29)34-24-14-15-25-35(34)40-43-28-37(44(39)40)42(32-20-10-4-11-21-32,33-22-12-5-13-23-33)41(36,30-16-6-2-7-17-30)31-18-8-3-9-19-31;1-20-16-17-21-18-30(22-10-4-2-5-11-22,23-12-6-3-7-13-23)26-19-31-29-25-15-9-8-14-24(25)27(20)28(21)32(26)29;1-13-10-11-17-14-6-2-3-7-15(14)19-12-23-22-18-9-5-4-8-16(18)20(13)21(17)24(19)22;1-12-9-10-16-13-7-4-8-14(13)18-11-22-21-17-6-3-2-5-15(17)19(12)20(16)23(18)21;1-11-6-7-12-8-9-13-10-19-18-15-5-3-2-4-14(15)16(11)17(12)20(13)18/h2-28H,1H3;2-17,19H,18H2,1H3;4-5,8-12,14-15H,2-3,6-7H2,1H3;2-3,5-6,9-11,13-14H,4,7-8H2,1H3;2-7,10H,8-9H2,1H3. The van der Waals surface area contributed by atoms with Gasteiger partial charge in [0.25, 0.3) is 0 Å². The highest BCUT2D eigenvalue weighted by molar-refractivity contribution is 6.19. The number of hydrogen-bond acceptors (Lipinski definition) is 5. The average molecular weight is 1840 g/mol. The van der Waals surface area contributed by atoms with E-state index in [2.05, 4.69) is 445 Å². The van der Waals surface area contributed by atoms with Crippen LogP contribution in [-0.2, 0) is 35.5 Å². The second-order valence-corrected chi connectivity index (χ2v) is 41.4. The molecule has 16 aromatic carbocycles. The molecule has 2 fully saturated rings. The molecule has 0 bridgehead atoms. The van der Waals surface area contributed by atoms with Crippen LogP contribution in [0.5, 0.6) is 0 Å². The van der Waals surface area contributed by atoms with Crippen LogP contribution in [0.4, 0.5) is 0 Å². The molecule has 143 heavy (non-hydrogen) atoms. The lowest BCUT2D eigenvalue weighted by atomic mass is 9.47. The summed E-state index contributed by atoms with van der Waals surface area (Å²) in [6, 6.07) is 133. The highest BCUT2D eigenvalue weighted by Crippen LogP contribution is 2.65. The Kier molecular flexibility index (Phi) is 18.7. The molecule has 2 saturated carbocycles. The zero-order chi connectivity index (χ0) is 94.8. The Labute approximate surface area is 829 Å². The Bertz CT molecular complexity index is 9650. The molecule has 10 nitrogen and oxygen atoms in total. The fraction of sp³-hybridized carbons (Fsp3) is 0.165. The summed E-state index contributed by atoms with van der Waals surface area (Å²) in [5.41, 5.74) is 38.7. The Morgan fingerprint density at radius 2 is 0.538 bits per heavy atom. The largest absolute Gasteiger partial charge is 0.296 e. The third-order valence-electron chi connectivity index (χ3n) is 34.5. The van der Waals surface area contributed by atoms with E-state index in [1.54, 1.807) is 11.1 Å². The van der Waals surface area contributed by atoms with Crippen LogP contribution < -0.4 is 0 Å². The van der Waals surface area contributed by atoms with E-state index in [9.17, 15) is 0 Å². The molecule has 10 heteroatoms. The summed E-state index contributed by atoms with van der Waals surface area (Å²) in [5, 5.41) is 19.7. The molecule has 0 amide bonds. The summed E-state index contributed by atoms with van der Waals surface area (Å²) in [7, 11) is 0. The normalized spacial score (nSPS) is 17.2. The molecular weight excluding hydrogens is 1740 g/mol. The first-order valence-corrected chi connectivity index (χ1v) is 51.5. The van der Waals surface area contributed by atoms with Gasteiger partial charge in [-0.2, -0.15) is 0 Å². The summed E-state index contributed by atoms with van der Waals surface area (Å²) in [6.07, 6.45) is 23.1. The van der Waals surface area contributed by atoms with E-state index in [0.717, 1.165) is 47.5 Å². The zero-order valence-electron chi connectivity index (χ0n) is 80.9. The number of nitrogens with zero attached hydrogens (tertiary/aromatic N) is 10. The minimum Gasteiger partial charge on any atom is -0.296 e. The number of rotatable bonds is 6. The highest BCUT2D eigenvalue weighted by Gasteiger charge is 2.62. The summed E-state index contributed by atoms with van der Waals surface area (Å²) >= 11 is 0. The molecule has 4 atom stereocenters. The topological polar surface area (TPSA) is 86.5 Å². The molecule has 0 N–H and O–H groups in total. The van der Waals surface area contributed by atoms with Crippen LogP contribution in [0.2, 0.25) is 0 Å². The van der Waals surface area contributed by atoms with Gasteiger partial charge in [0.2, 0.25) is 0 Å². The van der Waals surface area contributed by atoms with Crippen LogP contribution in [-0.4, -0.2) is 46.9 Å². The molecule has 33 rings (SSSR count). The summed E-state index contributed by atoms with van der Waals surface area (Å²) in [4.78, 5) is 24.8. The van der Waals surface area contributed by atoms with Crippen molar-refractivity contribution in [1.82, 2.24) is 46.9 Å². The fourth-order valence-corrected chi connectivity index (χ4v) is 28.7. The Morgan fingerprint density at radius 3 is 0.979 bits per heavy atom. The van der Waals surface area contributed by atoms with E-state index in [4.69, 9.17) is 24.9 Å². The van der Waals surface area contributed by atoms with Crippen LogP contribution in [0.1, 0.15) is 186 Å². The molecule has 26 aromatic rings. The minimum absolute atomic E-state index is 0.292. The number of hydrogen-bond donors (Lipinski definition) is 0. The predicted molar refractivity (Wildman–Crippen MR) is 587 cm³/mol. The van der Waals surface area contributed by atoms with Crippen LogP contribution in [0, 0.1) is 34.6 Å². The third kappa shape index (κ3) is 11.6. The van der Waals surface area contributed by atoms with E-state index < -0.39 is 10.8 Å².